The molecule has 0 radical (unpaired) electrons. The maximum atomic E-state index is 2.36. The zero-order valence-electron chi connectivity index (χ0n) is 16.2. The molecule has 0 unspecified atom stereocenters. The minimum absolute atomic E-state index is 1.28. The minimum Gasteiger partial charge on any atom is -0.0622 e. The lowest BCUT2D eigenvalue weighted by Crippen LogP contribution is -1.96. The Morgan fingerprint density at radius 3 is 1.18 bits per heavy atom. The Labute approximate surface area is 166 Å². The average Bonchev–Trinajstić information content (AvgIpc) is 2.76. The van der Waals surface area contributed by atoms with Gasteiger partial charge >= 0.3 is 0 Å². The SMILES string of the molecule is Cc1c(-c2ccccc2)c(-c2ccccc2)c(C)c2cc3ccccc3cc12. The Hall–Kier alpha value is -3.38. The highest BCUT2D eigenvalue weighted by Crippen LogP contribution is 2.43. The van der Waals surface area contributed by atoms with Gasteiger partial charge in [0.25, 0.3) is 0 Å². The average molecular weight is 358 g/mol. The van der Waals surface area contributed by atoms with E-state index >= 15 is 0 Å². The van der Waals surface area contributed by atoms with Crippen LogP contribution in [-0.4, -0.2) is 0 Å². The van der Waals surface area contributed by atoms with E-state index in [2.05, 4.69) is 111 Å². The first-order valence-electron chi connectivity index (χ1n) is 9.80. The van der Waals surface area contributed by atoms with Crippen LogP contribution in [0.2, 0.25) is 0 Å². The summed E-state index contributed by atoms with van der Waals surface area (Å²) in [6, 6.07) is 34.9. The summed E-state index contributed by atoms with van der Waals surface area (Å²) >= 11 is 0. The van der Waals surface area contributed by atoms with Gasteiger partial charge in [0.05, 0.1) is 0 Å². The third kappa shape index (κ3) is 2.61. The molecule has 5 aromatic carbocycles. The van der Waals surface area contributed by atoms with Crippen LogP contribution in [0.4, 0.5) is 0 Å². The molecule has 0 spiro atoms. The van der Waals surface area contributed by atoms with Crippen molar-refractivity contribution in [3.05, 3.63) is 108 Å². The number of benzene rings is 5. The molecule has 0 fully saturated rings. The van der Waals surface area contributed by atoms with E-state index in [9.17, 15) is 0 Å². The molecular weight excluding hydrogens is 336 g/mol. The molecule has 0 nitrogen and oxygen atoms in total. The highest BCUT2D eigenvalue weighted by molar-refractivity contribution is 6.08. The molecule has 0 heteroatoms. The molecule has 0 N–H and O–H groups in total. The fraction of sp³-hybridized carbons (Fsp3) is 0.0714. The lowest BCUT2D eigenvalue weighted by molar-refractivity contribution is 1.44. The van der Waals surface area contributed by atoms with Crippen LogP contribution in [0.3, 0.4) is 0 Å². The van der Waals surface area contributed by atoms with Crippen LogP contribution in [-0.2, 0) is 0 Å². The number of rotatable bonds is 2. The van der Waals surface area contributed by atoms with Gasteiger partial charge in [-0.3, -0.25) is 0 Å². The molecule has 0 bridgehead atoms. The number of fused-ring (bicyclic) bond motifs is 2. The largest absolute Gasteiger partial charge is 0.0622 e. The summed E-state index contributed by atoms with van der Waals surface area (Å²) in [4.78, 5) is 0. The molecule has 5 aromatic rings. The molecular formula is C28H22. The molecule has 28 heavy (non-hydrogen) atoms. The number of hydrogen-bond acceptors (Lipinski definition) is 0. The summed E-state index contributed by atoms with van der Waals surface area (Å²) in [6.45, 7) is 4.54. The summed E-state index contributed by atoms with van der Waals surface area (Å²) in [5.41, 5.74) is 7.92. The van der Waals surface area contributed by atoms with Crippen molar-refractivity contribution in [2.75, 3.05) is 0 Å². The zero-order chi connectivity index (χ0) is 19.1. The molecule has 0 aromatic heterocycles. The monoisotopic (exact) mass is 358 g/mol. The van der Waals surface area contributed by atoms with E-state index in [0.717, 1.165) is 0 Å². The molecule has 0 saturated carbocycles. The van der Waals surface area contributed by atoms with Crippen LogP contribution in [0.15, 0.2) is 97.1 Å². The second-order valence-electron chi connectivity index (χ2n) is 7.48. The predicted molar refractivity (Wildman–Crippen MR) is 122 cm³/mol. The highest BCUT2D eigenvalue weighted by atomic mass is 14.2. The Kier molecular flexibility index (Phi) is 3.98. The molecule has 0 aliphatic carbocycles. The second kappa shape index (κ2) is 6.65. The van der Waals surface area contributed by atoms with E-state index in [4.69, 9.17) is 0 Å². The van der Waals surface area contributed by atoms with E-state index in [1.165, 1.54) is 54.9 Å². The van der Waals surface area contributed by atoms with Gasteiger partial charge < -0.3 is 0 Å². The van der Waals surface area contributed by atoms with Crippen LogP contribution in [0, 0.1) is 13.8 Å². The summed E-state index contributed by atoms with van der Waals surface area (Å²) in [7, 11) is 0. The Morgan fingerprint density at radius 2 is 0.786 bits per heavy atom. The van der Waals surface area contributed by atoms with Gasteiger partial charge in [-0.1, -0.05) is 84.9 Å². The molecule has 0 aliphatic rings. The number of hydrogen-bond donors (Lipinski definition) is 0. The van der Waals surface area contributed by atoms with E-state index in [1.807, 2.05) is 0 Å². The van der Waals surface area contributed by atoms with Crippen molar-refractivity contribution in [1.82, 2.24) is 0 Å². The molecule has 0 atom stereocenters. The fourth-order valence-corrected chi connectivity index (χ4v) is 4.44. The standard InChI is InChI=1S/C28H22/c1-19-25-17-23-15-9-10-16-24(23)18-26(25)20(2)28(22-13-7-4-8-14-22)27(19)21-11-5-3-6-12-21/h3-18H,1-2H3. The van der Waals surface area contributed by atoms with Crippen LogP contribution in [0.1, 0.15) is 11.1 Å². The molecule has 0 saturated heterocycles. The van der Waals surface area contributed by atoms with Gasteiger partial charge in [-0.2, -0.15) is 0 Å². The van der Waals surface area contributed by atoms with Gasteiger partial charge in [-0.15, -0.1) is 0 Å². The molecule has 0 amide bonds. The topological polar surface area (TPSA) is 0 Å². The van der Waals surface area contributed by atoms with Crippen molar-refractivity contribution in [2.24, 2.45) is 0 Å². The number of aryl methyl sites for hydroxylation is 2. The van der Waals surface area contributed by atoms with E-state index < -0.39 is 0 Å². The maximum absolute atomic E-state index is 2.36. The normalized spacial score (nSPS) is 11.2. The Balaban J connectivity index is 1.98. The van der Waals surface area contributed by atoms with Crippen LogP contribution >= 0.6 is 0 Å². The molecule has 5 rings (SSSR count). The Morgan fingerprint density at radius 1 is 0.429 bits per heavy atom. The van der Waals surface area contributed by atoms with Crippen molar-refractivity contribution in [1.29, 1.82) is 0 Å². The third-order valence-corrected chi connectivity index (χ3v) is 5.82. The van der Waals surface area contributed by atoms with Crippen molar-refractivity contribution < 1.29 is 0 Å². The third-order valence-electron chi connectivity index (χ3n) is 5.82. The van der Waals surface area contributed by atoms with E-state index in [0.29, 0.717) is 0 Å². The van der Waals surface area contributed by atoms with Crippen molar-refractivity contribution in [3.63, 3.8) is 0 Å². The van der Waals surface area contributed by atoms with Crippen LogP contribution < -0.4 is 0 Å². The summed E-state index contributed by atoms with van der Waals surface area (Å²) in [5, 5.41) is 5.28. The first kappa shape index (κ1) is 16.8. The van der Waals surface area contributed by atoms with E-state index in [-0.39, 0.29) is 0 Å². The van der Waals surface area contributed by atoms with Crippen LogP contribution in [0.5, 0.6) is 0 Å². The van der Waals surface area contributed by atoms with Gasteiger partial charge in [-0.25, -0.2) is 0 Å². The Bertz CT molecular complexity index is 1190. The van der Waals surface area contributed by atoms with Crippen LogP contribution in [0.25, 0.3) is 43.8 Å². The lowest BCUT2D eigenvalue weighted by atomic mass is 9.83. The smallest absolute Gasteiger partial charge is 0.00670 e. The van der Waals surface area contributed by atoms with Gasteiger partial charge in [0.1, 0.15) is 0 Å². The minimum atomic E-state index is 1.28. The molecule has 0 heterocycles. The van der Waals surface area contributed by atoms with Gasteiger partial charge in [0, 0.05) is 0 Å². The van der Waals surface area contributed by atoms with Gasteiger partial charge in [0.2, 0.25) is 0 Å². The van der Waals surface area contributed by atoms with Crippen molar-refractivity contribution in [2.45, 2.75) is 13.8 Å². The van der Waals surface area contributed by atoms with Crippen molar-refractivity contribution >= 4 is 21.5 Å². The first-order valence-corrected chi connectivity index (χ1v) is 9.80. The predicted octanol–water partition coefficient (Wildman–Crippen LogP) is 7.94. The van der Waals surface area contributed by atoms with Gasteiger partial charge in [-0.05, 0) is 80.9 Å². The quantitative estimate of drug-likeness (QED) is 0.281. The van der Waals surface area contributed by atoms with E-state index in [1.54, 1.807) is 0 Å². The summed E-state index contributed by atoms with van der Waals surface area (Å²) in [6.07, 6.45) is 0. The summed E-state index contributed by atoms with van der Waals surface area (Å²) in [5.74, 6) is 0. The second-order valence-corrected chi connectivity index (χ2v) is 7.48. The first-order chi connectivity index (χ1) is 13.7. The lowest BCUT2D eigenvalue weighted by Gasteiger charge is -2.20. The van der Waals surface area contributed by atoms with Gasteiger partial charge in [0.15, 0.2) is 0 Å². The zero-order valence-corrected chi connectivity index (χ0v) is 16.2. The fourth-order valence-electron chi connectivity index (χ4n) is 4.44. The molecule has 0 aliphatic heterocycles. The summed E-state index contributed by atoms with van der Waals surface area (Å²) < 4.78 is 0. The highest BCUT2D eigenvalue weighted by Gasteiger charge is 2.18. The molecule has 134 valence electrons. The maximum Gasteiger partial charge on any atom is -0.00670 e. The van der Waals surface area contributed by atoms with Crippen molar-refractivity contribution in [3.8, 4) is 22.3 Å².